The Morgan fingerprint density at radius 2 is 1.47 bits per heavy atom. The molecule has 47 heavy (non-hydrogen) atoms. The molecule has 0 amide bonds. The Hall–Kier alpha value is -3.01. The van der Waals surface area contributed by atoms with Gasteiger partial charge in [-0.1, -0.05) is 18.2 Å². The van der Waals surface area contributed by atoms with Crippen LogP contribution in [0, 0.1) is 5.92 Å². The lowest BCUT2D eigenvalue weighted by molar-refractivity contribution is -0.362. The second-order valence-electron chi connectivity index (χ2n) is 11.5. The third kappa shape index (κ3) is 7.08. The third-order valence-corrected chi connectivity index (χ3v) is 8.52. The van der Waals surface area contributed by atoms with E-state index in [0.29, 0.717) is 5.56 Å². The highest BCUT2D eigenvalue weighted by atomic mass is 16.8. The van der Waals surface area contributed by atoms with E-state index in [9.17, 15) is 55.9 Å². The molecule has 4 aliphatic rings. The highest BCUT2D eigenvalue weighted by Crippen LogP contribution is 2.48. The van der Waals surface area contributed by atoms with E-state index in [4.69, 9.17) is 28.4 Å². The van der Waals surface area contributed by atoms with E-state index < -0.39 is 111 Å². The predicted octanol–water partition coefficient (Wildman–Crippen LogP) is -3.89. The summed E-state index contributed by atoms with van der Waals surface area (Å²) in [5.41, 5.74) is -1.22. The van der Waals surface area contributed by atoms with Crippen LogP contribution >= 0.6 is 0 Å². The van der Waals surface area contributed by atoms with E-state index in [2.05, 4.69) is 0 Å². The summed E-state index contributed by atoms with van der Waals surface area (Å²) in [7, 11) is 0. The molecule has 0 spiro atoms. The molecule has 17 heteroatoms. The minimum atomic E-state index is -1.92. The lowest BCUT2D eigenvalue weighted by Crippen LogP contribution is -2.64. The fourth-order valence-electron chi connectivity index (χ4n) is 5.87. The molecule has 14 atom stereocenters. The molecule has 260 valence electrons. The number of fused-ring (bicyclic) bond motifs is 1. The van der Waals surface area contributed by atoms with E-state index in [0.717, 1.165) is 12.3 Å². The number of esters is 1. The summed E-state index contributed by atoms with van der Waals surface area (Å²) >= 11 is 0. The number of carbonyl (C=O) groups excluding carboxylic acids is 1. The second-order valence-corrected chi connectivity index (χ2v) is 11.5. The Bertz CT molecular complexity index is 1320. The molecular weight excluding hydrogens is 632 g/mol. The van der Waals surface area contributed by atoms with Gasteiger partial charge in [0.25, 0.3) is 0 Å². The molecule has 2 fully saturated rings. The number of phenolic OH excluding ortho intramolecular Hbond substituents is 1. The van der Waals surface area contributed by atoms with Gasteiger partial charge in [-0.2, -0.15) is 0 Å². The van der Waals surface area contributed by atoms with Crippen molar-refractivity contribution in [2.75, 3.05) is 19.8 Å². The summed E-state index contributed by atoms with van der Waals surface area (Å²) in [4.78, 5) is 12.3. The maximum Gasteiger partial charge on any atom is 0.330 e. The molecule has 0 radical (unpaired) electrons. The van der Waals surface area contributed by atoms with Gasteiger partial charge in [0.05, 0.1) is 25.4 Å². The summed E-state index contributed by atoms with van der Waals surface area (Å²) in [5.74, 6) is -2.03. The number of aromatic hydroxyl groups is 1. The first-order valence-electron chi connectivity index (χ1n) is 14.7. The molecule has 3 heterocycles. The van der Waals surface area contributed by atoms with Crippen LogP contribution in [0.15, 0.2) is 54.3 Å². The fourth-order valence-corrected chi connectivity index (χ4v) is 5.87. The third-order valence-electron chi connectivity index (χ3n) is 8.52. The van der Waals surface area contributed by atoms with Crippen LogP contribution in [0.4, 0.5) is 0 Å². The summed E-state index contributed by atoms with van der Waals surface area (Å²) in [6, 6.07) is 5.95. The highest BCUT2D eigenvalue weighted by molar-refractivity contribution is 5.87. The SMILES string of the molecule is O=C(/C=C/c1ccc(O)cc1)OC[C@H]1O[C@@H](O[C@]23C=CO[C@@H](O[C@@H]4O[C@H](CO)[C@@H](O)[C@H](O)[C@H]4O)[C@@H]2C(CO)=C[C@H]3O)[C@H](O)[C@@H](O)[C@@H]1O. The summed E-state index contributed by atoms with van der Waals surface area (Å²) in [6.45, 7) is -1.97. The smallest absolute Gasteiger partial charge is 0.330 e. The number of rotatable bonds is 10. The normalized spacial score (nSPS) is 41.7. The summed E-state index contributed by atoms with van der Waals surface area (Å²) < 4.78 is 33.7. The number of aliphatic hydroxyl groups is 9. The number of phenols is 1. The van der Waals surface area contributed by atoms with Gasteiger partial charge in [0.2, 0.25) is 6.29 Å². The van der Waals surface area contributed by atoms with Gasteiger partial charge in [-0.15, -0.1) is 0 Å². The van der Waals surface area contributed by atoms with Crippen LogP contribution in [0.3, 0.4) is 0 Å². The molecule has 0 saturated carbocycles. The van der Waals surface area contributed by atoms with Crippen LogP contribution < -0.4 is 0 Å². The summed E-state index contributed by atoms with van der Waals surface area (Å²) in [5, 5.41) is 103. The van der Waals surface area contributed by atoms with Gasteiger partial charge in [0, 0.05) is 6.08 Å². The van der Waals surface area contributed by atoms with Gasteiger partial charge in [-0.3, -0.25) is 0 Å². The Balaban J connectivity index is 1.31. The van der Waals surface area contributed by atoms with Crippen molar-refractivity contribution in [3.63, 3.8) is 0 Å². The number of hydrogen-bond acceptors (Lipinski definition) is 17. The van der Waals surface area contributed by atoms with Crippen LogP contribution in [0.5, 0.6) is 5.75 Å². The van der Waals surface area contributed by atoms with Crippen LogP contribution in [0.1, 0.15) is 5.56 Å². The Morgan fingerprint density at radius 1 is 0.830 bits per heavy atom. The van der Waals surface area contributed by atoms with Gasteiger partial charge in [-0.05, 0) is 35.4 Å². The lowest BCUT2D eigenvalue weighted by Gasteiger charge is -2.48. The standard InChI is InChI=1S/C30H38O17/c31-10-14-9-18(34)30(7-8-42-27(20(14)30)46-28-25(40)23(38)21(36)16(11-32)44-28)47-29-26(41)24(39)22(37)17(45-29)12-43-19(35)6-3-13-1-4-15(33)5-2-13/h1-9,16-18,20-29,31-34,36-41H,10-12H2/b6-3+/t16-,17-,18-,20+,21-,22-,23+,24+,25-,26-,27+,28+,29+,30+/m1/s1. The van der Waals surface area contributed by atoms with E-state index in [1.165, 1.54) is 30.4 Å². The molecule has 0 bridgehead atoms. The van der Waals surface area contributed by atoms with Crippen molar-refractivity contribution in [1.29, 1.82) is 0 Å². The molecular formula is C30H38O17. The summed E-state index contributed by atoms with van der Waals surface area (Å²) in [6.07, 6.45) is -14.0. The van der Waals surface area contributed by atoms with Crippen molar-refractivity contribution in [3.8, 4) is 5.75 Å². The molecule has 17 nitrogen and oxygen atoms in total. The Morgan fingerprint density at radius 3 is 2.13 bits per heavy atom. The first-order chi connectivity index (χ1) is 22.4. The maximum absolute atomic E-state index is 12.3. The fraction of sp³-hybridized carbons (Fsp3) is 0.567. The molecule has 1 aliphatic carbocycles. The molecule has 2 saturated heterocycles. The van der Waals surface area contributed by atoms with Gasteiger partial charge in [0.15, 0.2) is 12.6 Å². The van der Waals surface area contributed by atoms with E-state index in [1.54, 1.807) is 12.1 Å². The minimum absolute atomic E-state index is 0.0399. The van der Waals surface area contributed by atoms with Gasteiger partial charge >= 0.3 is 5.97 Å². The van der Waals surface area contributed by atoms with Crippen molar-refractivity contribution in [2.24, 2.45) is 5.92 Å². The van der Waals surface area contributed by atoms with Crippen LogP contribution in [0.2, 0.25) is 0 Å². The quantitative estimate of drug-likeness (QED) is 0.0647. The van der Waals surface area contributed by atoms with Crippen molar-refractivity contribution in [2.45, 2.75) is 79.4 Å². The molecule has 0 aromatic heterocycles. The minimum Gasteiger partial charge on any atom is -0.508 e. The number of ether oxygens (including phenoxy) is 6. The van der Waals surface area contributed by atoms with E-state index in [1.807, 2.05) is 0 Å². The maximum atomic E-state index is 12.3. The van der Waals surface area contributed by atoms with Crippen LogP contribution in [0.25, 0.3) is 6.08 Å². The van der Waals surface area contributed by atoms with Crippen molar-refractivity contribution in [3.05, 3.63) is 59.9 Å². The average Bonchev–Trinajstić information content (AvgIpc) is 3.35. The largest absolute Gasteiger partial charge is 0.508 e. The van der Waals surface area contributed by atoms with Gasteiger partial charge in [0.1, 0.15) is 72.9 Å². The highest BCUT2D eigenvalue weighted by Gasteiger charge is 2.60. The molecule has 3 aliphatic heterocycles. The molecule has 0 unspecified atom stereocenters. The van der Waals surface area contributed by atoms with Gasteiger partial charge in [-0.25, -0.2) is 4.79 Å². The van der Waals surface area contributed by atoms with Crippen LogP contribution in [-0.2, 0) is 33.2 Å². The lowest BCUT2D eigenvalue weighted by atomic mass is 9.82. The average molecular weight is 671 g/mol. The molecule has 1 aromatic carbocycles. The second kappa shape index (κ2) is 14.6. The topological polar surface area (TPSA) is 275 Å². The molecule has 5 rings (SSSR count). The monoisotopic (exact) mass is 670 g/mol. The number of hydrogen-bond donors (Lipinski definition) is 10. The van der Waals surface area contributed by atoms with Gasteiger partial charge < -0.3 is 79.5 Å². The van der Waals surface area contributed by atoms with Crippen molar-refractivity contribution in [1.82, 2.24) is 0 Å². The number of aliphatic hydroxyl groups excluding tert-OH is 9. The predicted molar refractivity (Wildman–Crippen MR) is 152 cm³/mol. The zero-order valence-electron chi connectivity index (χ0n) is 24.7. The van der Waals surface area contributed by atoms with E-state index in [-0.39, 0.29) is 11.3 Å². The first kappa shape index (κ1) is 35.3. The first-order valence-corrected chi connectivity index (χ1v) is 14.7. The zero-order valence-corrected chi connectivity index (χ0v) is 24.7. The Labute approximate surface area is 267 Å². The molecule has 10 N–H and O–H groups in total. The zero-order chi connectivity index (χ0) is 34.0. The van der Waals surface area contributed by atoms with Crippen LogP contribution in [-0.4, -0.2) is 156 Å². The Kier molecular flexibility index (Phi) is 11.0. The molecule has 1 aromatic rings. The number of carbonyl (C=O) groups is 1. The number of benzene rings is 1. The van der Waals surface area contributed by atoms with Crippen molar-refractivity contribution < 1.29 is 84.3 Å². The van der Waals surface area contributed by atoms with E-state index >= 15 is 0 Å². The van der Waals surface area contributed by atoms with Crippen molar-refractivity contribution >= 4 is 12.0 Å².